The van der Waals surface area contributed by atoms with Crippen LogP contribution in [-0.4, -0.2) is 13.4 Å². The molecule has 0 saturated heterocycles. The Bertz CT molecular complexity index is 1180. The number of nitriles is 1. The molecule has 3 rings (SSSR count). The first-order chi connectivity index (χ1) is 11.3. The first kappa shape index (κ1) is 16.2. The molecule has 1 N–H and O–H groups in total. The Kier molecular flexibility index (Phi) is 3.87. The lowest BCUT2D eigenvalue weighted by atomic mass is 10.2. The van der Waals surface area contributed by atoms with Crippen molar-refractivity contribution in [3.05, 3.63) is 69.2 Å². The fourth-order valence-electron chi connectivity index (χ4n) is 2.26. The molecule has 0 atom stereocenters. The predicted octanol–water partition coefficient (Wildman–Crippen LogP) is 3.03. The molecule has 1 heterocycles. The molecule has 0 fully saturated rings. The summed E-state index contributed by atoms with van der Waals surface area (Å²) in [5.41, 5.74) is -0.482. The molecule has 0 spiro atoms. The number of hydrogen-bond acceptors (Lipinski definition) is 4. The molecule has 24 heavy (non-hydrogen) atoms. The second kappa shape index (κ2) is 5.74. The Morgan fingerprint density at radius 3 is 2.67 bits per heavy atom. The first-order valence-corrected chi connectivity index (χ1v) is 8.46. The van der Waals surface area contributed by atoms with Gasteiger partial charge in [-0.2, -0.15) is 5.26 Å². The van der Waals surface area contributed by atoms with Crippen molar-refractivity contribution < 1.29 is 12.8 Å². The van der Waals surface area contributed by atoms with E-state index in [2.05, 4.69) is 4.98 Å². The number of hydrogen-bond donors (Lipinski definition) is 1. The van der Waals surface area contributed by atoms with E-state index in [1.807, 2.05) is 6.07 Å². The summed E-state index contributed by atoms with van der Waals surface area (Å²) in [4.78, 5) is 14.4. The molecule has 0 aliphatic carbocycles. The number of nitrogens with zero attached hydrogens (tertiary/aromatic N) is 1. The standard InChI is InChI=1S/C16H8ClFN2O3S/c17-12-6-14-11(5-13(12)18)16(21)15(8-20-14)24(22,23)10-3-1-2-9(4-10)7-19/h1-6,8H,(H,20,21). The monoisotopic (exact) mass is 362 g/mol. The minimum atomic E-state index is -4.17. The number of nitrogens with one attached hydrogen (secondary N) is 1. The van der Waals surface area contributed by atoms with Crippen LogP contribution in [0, 0.1) is 17.1 Å². The summed E-state index contributed by atoms with van der Waals surface area (Å²) < 4.78 is 38.9. The van der Waals surface area contributed by atoms with E-state index >= 15 is 0 Å². The van der Waals surface area contributed by atoms with Gasteiger partial charge in [-0.25, -0.2) is 12.8 Å². The molecule has 0 unspecified atom stereocenters. The van der Waals surface area contributed by atoms with Crippen LogP contribution < -0.4 is 5.43 Å². The zero-order valence-corrected chi connectivity index (χ0v) is 13.5. The van der Waals surface area contributed by atoms with Crippen molar-refractivity contribution >= 4 is 32.3 Å². The Morgan fingerprint density at radius 1 is 1.21 bits per heavy atom. The minimum absolute atomic E-state index is 0.130. The summed E-state index contributed by atoms with van der Waals surface area (Å²) in [6, 6.07) is 9.23. The molecule has 2 aromatic carbocycles. The normalized spacial score (nSPS) is 11.4. The molecule has 8 heteroatoms. The number of H-pyrrole nitrogens is 1. The summed E-state index contributed by atoms with van der Waals surface area (Å²) >= 11 is 5.65. The predicted molar refractivity (Wildman–Crippen MR) is 86.1 cm³/mol. The van der Waals surface area contributed by atoms with Gasteiger partial charge in [0.1, 0.15) is 10.7 Å². The van der Waals surface area contributed by atoms with Crippen LogP contribution in [0.3, 0.4) is 0 Å². The highest BCUT2D eigenvalue weighted by atomic mass is 35.5. The maximum Gasteiger partial charge on any atom is 0.211 e. The molecule has 0 saturated carbocycles. The highest BCUT2D eigenvalue weighted by Crippen LogP contribution is 2.23. The van der Waals surface area contributed by atoms with Gasteiger partial charge < -0.3 is 4.98 Å². The van der Waals surface area contributed by atoms with Crippen molar-refractivity contribution in [2.45, 2.75) is 9.79 Å². The summed E-state index contributed by atoms with van der Waals surface area (Å²) in [6.45, 7) is 0. The van der Waals surface area contributed by atoms with Crippen LogP contribution in [0.4, 0.5) is 4.39 Å². The largest absolute Gasteiger partial charge is 0.360 e. The average Bonchev–Trinajstić information content (AvgIpc) is 2.57. The molecule has 0 bridgehead atoms. The van der Waals surface area contributed by atoms with Gasteiger partial charge in [0, 0.05) is 11.6 Å². The number of fused-ring (bicyclic) bond motifs is 1. The number of rotatable bonds is 2. The van der Waals surface area contributed by atoms with E-state index < -0.39 is 26.0 Å². The van der Waals surface area contributed by atoms with E-state index in [9.17, 15) is 17.6 Å². The van der Waals surface area contributed by atoms with Crippen LogP contribution >= 0.6 is 11.6 Å². The van der Waals surface area contributed by atoms with Crippen LogP contribution in [0.5, 0.6) is 0 Å². The maximum absolute atomic E-state index is 13.6. The molecule has 0 aliphatic heterocycles. The topological polar surface area (TPSA) is 90.8 Å². The van der Waals surface area contributed by atoms with Crippen LogP contribution in [0.2, 0.25) is 5.02 Å². The van der Waals surface area contributed by atoms with Crippen molar-refractivity contribution in [3.63, 3.8) is 0 Å². The number of benzene rings is 2. The smallest absolute Gasteiger partial charge is 0.211 e. The third-order valence-corrected chi connectivity index (χ3v) is 5.50. The van der Waals surface area contributed by atoms with Crippen LogP contribution in [0.25, 0.3) is 10.9 Å². The van der Waals surface area contributed by atoms with Crippen LogP contribution in [-0.2, 0) is 9.84 Å². The SMILES string of the molecule is N#Cc1cccc(S(=O)(=O)c2c[nH]c3cc(Cl)c(F)cc3c2=O)c1. The van der Waals surface area contributed by atoms with Gasteiger partial charge >= 0.3 is 0 Å². The number of aromatic amines is 1. The Hall–Kier alpha value is -2.69. The number of halogens is 2. The van der Waals surface area contributed by atoms with Gasteiger partial charge in [-0.05, 0) is 30.3 Å². The zero-order valence-electron chi connectivity index (χ0n) is 11.9. The van der Waals surface area contributed by atoms with E-state index in [0.717, 1.165) is 12.3 Å². The van der Waals surface area contributed by atoms with Gasteiger partial charge in [-0.15, -0.1) is 0 Å². The fourth-order valence-corrected chi connectivity index (χ4v) is 3.78. The molecule has 3 aromatic rings. The molecule has 0 radical (unpaired) electrons. The van der Waals surface area contributed by atoms with Gasteiger partial charge in [0.25, 0.3) is 0 Å². The van der Waals surface area contributed by atoms with Crippen molar-refractivity contribution in [2.24, 2.45) is 0 Å². The molecule has 0 amide bonds. The third kappa shape index (κ3) is 2.56. The molecule has 1 aromatic heterocycles. The lowest BCUT2D eigenvalue weighted by Crippen LogP contribution is -2.16. The second-order valence-corrected chi connectivity index (χ2v) is 7.26. The third-order valence-electron chi connectivity index (χ3n) is 3.45. The van der Waals surface area contributed by atoms with Gasteiger partial charge in [0.15, 0.2) is 0 Å². The average molecular weight is 363 g/mol. The van der Waals surface area contributed by atoms with Crippen molar-refractivity contribution in [3.8, 4) is 6.07 Å². The van der Waals surface area contributed by atoms with E-state index in [1.54, 1.807) is 0 Å². The summed E-state index contributed by atoms with van der Waals surface area (Å²) in [7, 11) is -4.17. The summed E-state index contributed by atoms with van der Waals surface area (Å²) in [5.74, 6) is -0.823. The quantitative estimate of drug-likeness (QED) is 0.758. The van der Waals surface area contributed by atoms with E-state index in [4.69, 9.17) is 16.9 Å². The Labute approximate surface area is 140 Å². The lowest BCUT2D eigenvalue weighted by Gasteiger charge is -2.06. The lowest BCUT2D eigenvalue weighted by molar-refractivity contribution is 0.595. The fraction of sp³-hybridized carbons (Fsp3) is 0. The van der Waals surface area contributed by atoms with E-state index in [1.165, 1.54) is 30.3 Å². The van der Waals surface area contributed by atoms with E-state index in [-0.39, 0.29) is 26.4 Å². The molecule has 0 aliphatic rings. The molecule has 120 valence electrons. The van der Waals surface area contributed by atoms with Gasteiger partial charge in [-0.1, -0.05) is 17.7 Å². The van der Waals surface area contributed by atoms with Gasteiger partial charge in [-0.3, -0.25) is 4.79 Å². The van der Waals surface area contributed by atoms with Gasteiger partial charge in [0.05, 0.1) is 27.1 Å². The minimum Gasteiger partial charge on any atom is -0.360 e. The van der Waals surface area contributed by atoms with Gasteiger partial charge in [0.2, 0.25) is 15.3 Å². The number of sulfone groups is 1. The van der Waals surface area contributed by atoms with Crippen LogP contribution in [0.15, 0.2) is 57.2 Å². The van der Waals surface area contributed by atoms with Crippen molar-refractivity contribution in [1.29, 1.82) is 5.26 Å². The molecular formula is C16H8ClFN2O3S. The highest BCUT2D eigenvalue weighted by Gasteiger charge is 2.23. The van der Waals surface area contributed by atoms with Crippen molar-refractivity contribution in [1.82, 2.24) is 4.98 Å². The highest BCUT2D eigenvalue weighted by molar-refractivity contribution is 7.91. The molecule has 5 nitrogen and oxygen atoms in total. The number of aromatic nitrogens is 1. The summed E-state index contributed by atoms with van der Waals surface area (Å²) in [5, 5.41) is 8.57. The molecular weight excluding hydrogens is 355 g/mol. The summed E-state index contributed by atoms with van der Waals surface area (Å²) in [6.07, 6.45) is 1.04. The Morgan fingerprint density at radius 2 is 1.96 bits per heavy atom. The Balaban J connectivity index is 2.29. The second-order valence-electron chi connectivity index (χ2n) is 4.94. The zero-order chi connectivity index (χ0) is 17.5. The first-order valence-electron chi connectivity index (χ1n) is 6.60. The van der Waals surface area contributed by atoms with E-state index in [0.29, 0.717) is 0 Å². The van der Waals surface area contributed by atoms with Crippen molar-refractivity contribution in [2.75, 3.05) is 0 Å². The van der Waals surface area contributed by atoms with Crippen LogP contribution in [0.1, 0.15) is 5.56 Å². The number of pyridine rings is 1. The maximum atomic E-state index is 13.6.